The van der Waals surface area contributed by atoms with Gasteiger partial charge in [0.2, 0.25) is 5.95 Å². The molecule has 7 heteroatoms. The number of anilines is 1. The lowest BCUT2D eigenvalue weighted by molar-refractivity contribution is 0.108. The molecule has 0 unspecified atom stereocenters. The van der Waals surface area contributed by atoms with Crippen molar-refractivity contribution in [1.82, 2.24) is 25.2 Å². The first-order valence-corrected chi connectivity index (χ1v) is 12.5. The van der Waals surface area contributed by atoms with Gasteiger partial charge in [-0.15, -0.1) is 6.58 Å². The molecule has 3 N–H and O–H groups in total. The molecular weight excluding hydrogens is 432 g/mol. The molecule has 2 aromatic heterocycles. The van der Waals surface area contributed by atoms with Crippen molar-refractivity contribution in [2.24, 2.45) is 0 Å². The number of likely N-dealkylation sites (tertiary alicyclic amines) is 1. The first-order valence-electron chi connectivity index (χ1n) is 12.1. The molecule has 3 aromatic rings. The number of aromatic amines is 1. The zero-order chi connectivity index (χ0) is 22.6. The number of H-pyrrole nitrogens is 1. The molecule has 6 nitrogen and oxygen atoms in total. The number of aromatic nitrogens is 3. The number of hydrogen-bond donors (Lipinski definition) is 3. The van der Waals surface area contributed by atoms with Crippen LogP contribution in [0.1, 0.15) is 38.5 Å². The van der Waals surface area contributed by atoms with Gasteiger partial charge in [-0.2, -0.15) is 0 Å². The first-order chi connectivity index (χ1) is 16.2. The van der Waals surface area contributed by atoms with E-state index in [2.05, 4.69) is 44.2 Å². The molecule has 0 spiro atoms. The summed E-state index contributed by atoms with van der Waals surface area (Å²) in [5.41, 5.74) is 2.86. The van der Waals surface area contributed by atoms with E-state index in [0.717, 1.165) is 48.1 Å². The number of fused-ring (bicyclic) bond motifs is 1. The minimum absolute atomic E-state index is 0.377. The van der Waals surface area contributed by atoms with E-state index in [0.29, 0.717) is 29.1 Å². The normalized spacial score (nSPS) is 24.1. The van der Waals surface area contributed by atoms with Crippen molar-refractivity contribution in [3.05, 3.63) is 54.3 Å². The number of piperidine rings is 1. The summed E-state index contributed by atoms with van der Waals surface area (Å²) in [5, 5.41) is 8.93. The van der Waals surface area contributed by atoms with Crippen LogP contribution in [0.15, 0.2) is 49.3 Å². The van der Waals surface area contributed by atoms with Crippen molar-refractivity contribution in [2.45, 2.75) is 56.7 Å². The van der Waals surface area contributed by atoms with E-state index in [-0.39, 0.29) is 0 Å². The third-order valence-electron chi connectivity index (χ3n) is 7.09. The number of benzene rings is 1. The second kappa shape index (κ2) is 10.2. The molecule has 3 atom stereocenters. The van der Waals surface area contributed by atoms with Crippen LogP contribution in [0.4, 0.5) is 5.95 Å². The Bertz CT molecular complexity index is 1100. The second-order valence-electron chi connectivity index (χ2n) is 9.33. The molecule has 0 radical (unpaired) electrons. The smallest absolute Gasteiger partial charge is 0.223 e. The first kappa shape index (κ1) is 22.4. The highest BCUT2D eigenvalue weighted by atomic mass is 35.5. The molecule has 0 bridgehead atoms. The lowest BCUT2D eigenvalue weighted by Gasteiger charge is -2.42. The van der Waals surface area contributed by atoms with Crippen LogP contribution in [0.2, 0.25) is 5.02 Å². The Balaban J connectivity index is 1.27. The average Bonchev–Trinajstić information content (AvgIpc) is 3.28. The summed E-state index contributed by atoms with van der Waals surface area (Å²) in [7, 11) is 0. The fourth-order valence-corrected chi connectivity index (χ4v) is 5.65. The fraction of sp³-hybridized carbons (Fsp3) is 0.462. The van der Waals surface area contributed by atoms with Crippen LogP contribution < -0.4 is 10.6 Å². The molecule has 1 aromatic carbocycles. The second-order valence-corrected chi connectivity index (χ2v) is 9.74. The van der Waals surface area contributed by atoms with E-state index in [1.807, 2.05) is 24.4 Å². The maximum Gasteiger partial charge on any atom is 0.223 e. The topological polar surface area (TPSA) is 68.9 Å². The third kappa shape index (κ3) is 5.08. The Hall–Kier alpha value is -2.41. The highest BCUT2D eigenvalue weighted by molar-refractivity contribution is 6.33. The zero-order valence-electron chi connectivity index (χ0n) is 19.1. The largest absolute Gasteiger partial charge is 0.360 e. The van der Waals surface area contributed by atoms with Gasteiger partial charge in [0.05, 0.1) is 16.9 Å². The highest BCUT2D eigenvalue weighted by Crippen LogP contribution is 2.33. The SMILES string of the molecule is C=CCN[C@H]1CCCN([C@@H]2CCC[C@@H](Nc3ncc(Cl)c(-c4c[nH]c5ccccc45)n3)C2)C1. The monoisotopic (exact) mass is 464 g/mol. The van der Waals surface area contributed by atoms with Crippen LogP contribution in [-0.4, -0.2) is 57.6 Å². The number of nitrogens with zero attached hydrogens (tertiary/aromatic N) is 3. The van der Waals surface area contributed by atoms with E-state index >= 15 is 0 Å². The van der Waals surface area contributed by atoms with Crippen LogP contribution in [-0.2, 0) is 0 Å². The molecule has 3 heterocycles. The fourth-order valence-electron chi connectivity index (χ4n) is 5.46. The van der Waals surface area contributed by atoms with Crippen LogP contribution in [0.25, 0.3) is 22.2 Å². The van der Waals surface area contributed by atoms with Crippen molar-refractivity contribution in [1.29, 1.82) is 0 Å². The predicted octanol–water partition coefficient (Wildman–Crippen LogP) is 5.24. The molecule has 1 saturated heterocycles. The van der Waals surface area contributed by atoms with Crippen LogP contribution >= 0.6 is 11.6 Å². The average molecular weight is 465 g/mol. The van der Waals surface area contributed by atoms with Gasteiger partial charge in [0.15, 0.2) is 0 Å². The number of para-hydroxylation sites is 1. The van der Waals surface area contributed by atoms with E-state index in [4.69, 9.17) is 16.6 Å². The minimum atomic E-state index is 0.377. The summed E-state index contributed by atoms with van der Waals surface area (Å²) in [4.78, 5) is 15.4. The molecule has 33 heavy (non-hydrogen) atoms. The van der Waals surface area contributed by atoms with Crippen molar-refractivity contribution >= 4 is 28.5 Å². The Kier molecular flexibility index (Phi) is 6.95. The van der Waals surface area contributed by atoms with E-state index < -0.39 is 0 Å². The summed E-state index contributed by atoms with van der Waals surface area (Å²) < 4.78 is 0. The van der Waals surface area contributed by atoms with Crippen molar-refractivity contribution in [3.63, 3.8) is 0 Å². The van der Waals surface area contributed by atoms with Crippen molar-refractivity contribution in [3.8, 4) is 11.3 Å². The lowest BCUT2D eigenvalue weighted by Crippen LogP contribution is -2.51. The van der Waals surface area contributed by atoms with Gasteiger partial charge < -0.3 is 15.6 Å². The summed E-state index contributed by atoms with van der Waals surface area (Å²) >= 11 is 6.52. The number of nitrogens with one attached hydrogen (secondary N) is 3. The van der Waals surface area contributed by atoms with Gasteiger partial charge in [-0.05, 0) is 51.1 Å². The Morgan fingerprint density at radius 1 is 1.18 bits per heavy atom. The van der Waals surface area contributed by atoms with Gasteiger partial charge in [0.1, 0.15) is 0 Å². The summed E-state index contributed by atoms with van der Waals surface area (Å²) in [5.74, 6) is 0.662. The standard InChI is InChI=1S/C26H33ClN6/c1-2-12-28-19-8-6-13-33(17-19)20-9-5-7-18(14-20)31-26-30-16-23(27)25(32-26)22-15-29-24-11-4-3-10-21(22)24/h2-4,10-11,15-16,18-20,28-29H,1,5-9,12-14,17H2,(H,30,31,32)/t18-,19+,20-/m1/s1. The molecule has 1 saturated carbocycles. The maximum atomic E-state index is 6.52. The molecule has 0 amide bonds. The van der Waals surface area contributed by atoms with Crippen LogP contribution in [0, 0.1) is 0 Å². The number of rotatable bonds is 7. The van der Waals surface area contributed by atoms with Crippen molar-refractivity contribution < 1.29 is 0 Å². The van der Waals surface area contributed by atoms with E-state index in [1.54, 1.807) is 6.20 Å². The summed E-state index contributed by atoms with van der Waals surface area (Å²) in [6.07, 6.45) is 12.9. The third-order valence-corrected chi connectivity index (χ3v) is 7.36. The van der Waals surface area contributed by atoms with Gasteiger partial charge in [0.25, 0.3) is 0 Å². The van der Waals surface area contributed by atoms with E-state index in [1.165, 1.54) is 32.2 Å². The molecule has 1 aliphatic carbocycles. The Labute approximate surface area is 200 Å². The molecule has 174 valence electrons. The van der Waals surface area contributed by atoms with Gasteiger partial charge in [-0.25, -0.2) is 9.97 Å². The van der Waals surface area contributed by atoms with Gasteiger partial charge in [0, 0.05) is 53.9 Å². The maximum absolute atomic E-state index is 6.52. The minimum Gasteiger partial charge on any atom is -0.360 e. The number of halogens is 1. The van der Waals surface area contributed by atoms with Gasteiger partial charge >= 0.3 is 0 Å². The van der Waals surface area contributed by atoms with Gasteiger partial charge in [-0.1, -0.05) is 35.9 Å². The summed E-state index contributed by atoms with van der Waals surface area (Å²) in [6, 6.07) is 9.78. The Morgan fingerprint density at radius 3 is 2.97 bits per heavy atom. The molecule has 1 aliphatic heterocycles. The van der Waals surface area contributed by atoms with Crippen LogP contribution in [0.5, 0.6) is 0 Å². The Morgan fingerprint density at radius 2 is 2.06 bits per heavy atom. The van der Waals surface area contributed by atoms with Crippen molar-refractivity contribution in [2.75, 3.05) is 25.0 Å². The summed E-state index contributed by atoms with van der Waals surface area (Å²) in [6.45, 7) is 7.06. The molecular formula is C26H33ClN6. The predicted molar refractivity (Wildman–Crippen MR) is 137 cm³/mol. The highest BCUT2D eigenvalue weighted by Gasteiger charge is 2.30. The number of hydrogen-bond acceptors (Lipinski definition) is 5. The molecule has 5 rings (SSSR count). The zero-order valence-corrected chi connectivity index (χ0v) is 19.8. The van der Waals surface area contributed by atoms with Gasteiger partial charge in [-0.3, -0.25) is 4.90 Å². The lowest BCUT2D eigenvalue weighted by atomic mass is 9.88. The van der Waals surface area contributed by atoms with Crippen LogP contribution in [0.3, 0.4) is 0 Å². The molecule has 2 fully saturated rings. The van der Waals surface area contributed by atoms with E-state index in [9.17, 15) is 0 Å². The quantitative estimate of drug-likeness (QED) is 0.417. The molecule has 2 aliphatic rings.